The molecule has 0 saturated heterocycles. The molecule has 0 aromatic heterocycles. The van der Waals surface area contributed by atoms with Gasteiger partial charge in [-0.25, -0.2) is 4.79 Å². The van der Waals surface area contributed by atoms with Crippen LogP contribution >= 0.6 is 0 Å². The molecule has 1 aliphatic carbocycles. The molecule has 0 unspecified atom stereocenters. The zero-order chi connectivity index (χ0) is 13.6. The first-order valence-electron chi connectivity index (χ1n) is 6.48. The number of fused-ring (bicyclic) bond motifs is 1. The van der Waals surface area contributed by atoms with E-state index in [0.29, 0.717) is 13.0 Å². The van der Waals surface area contributed by atoms with Crippen molar-refractivity contribution in [1.29, 1.82) is 0 Å². The molecule has 19 heavy (non-hydrogen) atoms. The van der Waals surface area contributed by atoms with Gasteiger partial charge in [0.1, 0.15) is 0 Å². The van der Waals surface area contributed by atoms with Gasteiger partial charge in [0.15, 0.2) is 0 Å². The molecule has 5 nitrogen and oxygen atoms in total. The van der Waals surface area contributed by atoms with E-state index >= 15 is 0 Å². The second kappa shape index (κ2) is 4.06. The van der Waals surface area contributed by atoms with Gasteiger partial charge in [0, 0.05) is 12.2 Å². The number of carboxylic acid groups (broad SMARTS) is 1. The molecule has 1 saturated carbocycles. The minimum absolute atomic E-state index is 0.0272. The van der Waals surface area contributed by atoms with Gasteiger partial charge in [0.25, 0.3) is 0 Å². The van der Waals surface area contributed by atoms with E-state index in [1.807, 2.05) is 0 Å². The highest BCUT2D eigenvalue weighted by molar-refractivity contribution is 6.02. The highest BCUT2D eigenvalue weighted by Crippen LogP contribution is 2.36. The predicted octanol–water partition coefficient (Wildman–Crippen LogP) is 1.16. The number of rotatable bonds is 2. The molecule has 0 spiro atoms. The molecule has 3 N–H and O–H groups in total. The molecule has 5 heteroatoms. The van der Waals surface area contributed by atoms with Gasteiger partial charge in [0.2, 0.25) is 5.91 Å². The molecule has 0 bridgehead atoms. The van der Waals surface area contributed by atoms with Crippen molar-refractivity contribution >= 4 is 17.6 Å². The van der Waals surface area contributed by atoms with Crippen molar-refractivity contribution in [3.05, 3.63) is 29.3 Å². The first-order chi connectivity index (χ1) is 9.01. The normalized spacial score (nSPS) is 19.7. The summed E-state index contributed by atoms with van der Waals surface area (Å²) in [5.41, 5.74) is 7.36. The van der Waals surface area contributed by atoms with Crippen molar-refractivity contribution in [3.8, 4) is 0 Å². The van der Waals surface area contributed by atoms with Crippen LogP contribution in [-0.2, 0) is 11.2 Å². The first-order valence-corrected chi connectivity index (χ1v) is 6.48. The predicted molar refractivity (Wildman–Crippen MR) is 70.2 cm³/mol. The molecule has 0 atom stereocenters. The van der Waals surface area contributed by atoms with Crippen LogP contribution in [0.1, 0.15) is 35.2 Å². The van der Waals surface area contributed by atoms with Crippen LogP contribution in [0.25, 0.3) is 0 Å². The summed E-state index contributed by atoms with van der Waals surface area (Å²) < 4.78 is 0. The van der Waals surface area contributed by atoms with Gasteiger partial charge in [0.05, 0.1) is 11.1 Å². The minimum atomic E-state index is -0.943. The highest BCUT2D eigenvalue weighted by Gasteiger charge is 2.44. The SMILES string of the molecule is NC1(C(=O)N2CCc3cc(C(=O)O)ccc32)CCC1. The number of benzene rings is 1. The summed E-state index contributed by atoms with van der Waals surface area (Å²) in [6, 6.07) is 4.90. The zero-order valence-electron chi connectivity index (χ0n) is 10.6. The van der Waals surface area contributed by atoms with Crippen molar-refractivity contribution in [2.75, 3.05) is 11.4 Å². The lowest BCUT2D eigenvalue weighted by Crippen LogP contribution is -2.59. The molecule has 100 valence electrons. The number of aromatic carboxylic acids is 1. The Morgan fingerprint density at radius 2 is 2.05 bits per heavy atom. The van der Waals surface area contributed by atoms with Crippen LogP contribution < -0.4 is 10.6 Å². The lowest BCUT2D eigenvalue weighted by molar-refractivity contribution is -0.126. The third kappa shape index (κ3) is 1.81. The smallest absolute Gasteiger partial charge is 0.335 e. The first kappa shape index (κ1) is 12.2. The Bertz CT molecular complexity index is 564. The van der Waals surface area contributed by atoms with Crippen LogP contribution in [0.4, 0.5) is 5.69 Å². The number of nitrogens with two attached hydrogens (primary N) is 1. The van der Waals surface area contributed by atoms with Gasteiger partial charge in [-0.1, -0.05) is 0 Å². The Hall–Kier alpha value is -1.88. The number of hydrogen-bond donors (Lipinski definition) is 2. The van der Waals surface area contributed by atoms with Gasteiger partial charge in [-0.3, -0.25) is 4.79 Å². The number of carbonyl (C=O) groups is 2. The summed E-state index contributed by atoms with van der Waals surface area (Å²) in [6.07, 6.45) is 3.18. The molecule has 1 fully saturated rings. The zero-order valence-corrected chi connectivity index (χ0v) is 10.6. The standard InChI is InChI=1S/C14H16N2O3/c15-14(5-1-6-14)13(19)16-7-4-9-8-10(12(17)18)2-3-11(9)16/h2-3,8H,1,4-7,15H2,(H,17,18). The summed E-state index contributed by atoms with van der Waals surface area (Å²) in [5.74, 6) is -0.970. The number of nitrogens with zero attached hydrogens (tertiary/aromatic N) is 1. The van der Waals surface area contributed by atoms with Crippen molar-refractivity contribution in [2.45, 2.75) is 31.2 Å². The third-order valence-electron chi connectivity index (χ3n) is 4.14. The molecule has 1 aromatic carbocycles. The molecule has 1 aromatic rings. The van der Waals surface area contributed by atoms with Crippen LogP contribution in [0.5, 0.6) is 0 Å². The maximum absolute atomic E-state index is 12.4. The monoisotopic (exact) mass is 260 g/mol. The molecular formula is C14H16N2O3. The maximum atomic E-state index is 12.4. The largest absolute Gasteiger partial charge is 0.478 e. The topological polar surface area (TPSA) is 83.6 Å². The Morgan fingerprint density at radius 3 is 2.63 bits per heavy atom. The van der Waals surface area contributed by atoms with Crippen LogP contribution in [0, 0.1) is 0 Å². The van der Waals surface area contributed by atoms with E-state index in [1.165, 1.54) is 6.07 Å². The molecule has 2 aliphatic rings. The number of carbonyl (C=O) groups excluding carboxylic acids is 1. The summed E-state index contributed by atoms with van der Waals surface area (Å²) >= 11 is 0. The van der Waals surface area contributed by atoms with E-state index in [1.54, 1.807) is 17.0 Å². The molecular weight excluding hydrogens is 244 g/mol. The highest BCUT2D eigenvalue weighted by atomic mass is 16.4. The third-order valence-corrected chi connectivity index (χ3v) is 4.14. The summed E-state index contributed by atoms with van der Waals surface area (Å²) in [6.45, 7) is 0.593. The van der Waals surface area contributed by atoms with Crippen molar-refractivity contribution in [1.82, 2.24) is 0 Å². The van der Waals surface area contributed by atoms with Crippen molar-refractivity contribution < 1.29 is 14.7 Å². The number of hydrogen-bond acceptors (Lipinski definition) is 3. The number of amides is 1. The second-order valence-electron chi connectivity index (χ2n) is 5.37. The quantitative estimate of drug-likeness (QED) is 0.835. The number of carboxylic acids is 1. The van der Waals surface area contributed by atoms with Crippen LogP contribution in [0.15, 0.2) is 18.2 Å². The van der Waals surface area contributed by atoms with E-state index in [2.05, 4.69) is 0 Å². The lowest BCUT2D eigenvalue weighted by atomic mass is 9.76. The fraction of sp³-hybridized carbons (Fsp3) is 0.429. The fourth-order valence-corrected chi connectivity index (χ4v) is 2.79. The average Bonchev–Trinajstić information content (AvgIpc) is 2.77. The van der Waals surface area contributed by atoms with Gasteiger partial charge in [-0.2, -0.15) is 0 Å². The lowest BCUT2D eigenvalue weighted by Gasteiger charge is -2.39. The maximum Gasteiger partial charge on any atom is 0.335 e. The Balaban J connectivity index is 1.90. The van der Waals surface area contributed by atoms with E-state index < -0.39 is 11.5 Å². The summed E-state index contributed by atoms with van der Waals surface area (Å²) in [7, 11) is 0. The summed E-state index contributed by atoms with van der Waals surface area (Å²) in [4.78, 5) is 25.1. The molecule has 1 amide bonds. The summed E-state index contributed by atoms with van der Waals surface area (Å²) in [5, 5.41) is 8.97. The molecule has 3 rings (SSSR count). The fourth-order valence-electron chi connectivity index (χ4n) is 2.79. The molecule has 1 aliphatic heterocycles. The Labute approximate surface area is 111 Å². The average molecular weight is 260 g/mol. The van der Waals surface area contributed by atoms with Crippen LogP contribution in [0.3, 0.4) is 0 Å². The van der Waals surface area contributed by atoms with Crippen LogP contribution in [-0.4, -0.2) is 29.1 Å². The van der Waals surface area contributed by atoms with E-state index in [0.717, 1.165) is 30.5 Å². The van der Waals surface area contributed by atoms with Gasteiger partial charge < -0.3 is 15.7 Å². The van der Waals surface area contributed by atoms with Gasteiger partial charge in [-0.05, 0) is 49.4 Å². The van der Waals surface area contributed by atoms with Gasteiger partial charge in [-0.15, -0.1) is 0 Å². The molecule has 1 heterocycles. The number of anilines is 1. The van der Waals surface area contributed by atoms with Crippen molar-refractivity contribution in [3.63, 3.8) is 0 Å². The van der Waals surface area contributed by atoms with Crippen LogP contribution in [0.2, 0.25) is 0 Å². The van der Waals surface area contributed by atoms with E-state index in [9.17, 15) is 9.59 Å². The molecule has 0 radical (unpaired) electrons. The Morgan fingerprint density at radius 1 is 1.32 bits per heavy atom. The second-order valence-corrected chi connectivity index (χ2v) is 5.37. The van der Waals surface area contributed by atoms with E-state index in [-0.39, 0.29) is 11.5 Å². The van der Waals surface area contributed by atoms with E-state index in [4.69, 9.17) is 10.8 Å². The van der Waals surface area contributed by atoms with Gasteiger partial charge >= 0.3 is 5.97 Å². The Kier molecular flexibility index (Phi) is 2.60. The van der Waals surface area contributed by atoms with Crippen molar-refractivity contribution in [2.24, 2.45) is 5.73 Å². The minimum Gasteiger partial charge on any atom is -0.478 e.